The van der Waals surface area contributed by atoms with E-state index < -0.39 is 10.0 Å². The van der Waals surface area contributed by atoms with Crippen LogP contribution in [0, 0.1) is 0 Å². The fourth-order valence-corrected chi connectivity index (χ4v) is 3.66. The molecule has 1 aromatic carbocycles. The van der Waals surface area contributed by atoms with Gasteiger partial charge in [0, 0.05) is 6.04 Å². The molecule has 0 saturated heterocycles. The zero-order valence-corrected chi connectivity index (χ0v) is 11.9. The van der Waals surface area contributed by atoms with Gasteiger partial charge in [-0.3, -0.25) is 0 Å². The van der Waals surface area contributed by atoms with Gasteiger partial charge in [-0.05, 0) is 49.6 Å². The van der Waals surface area contributed by atoms with E-state index in [4.69, 9.17) is 10.5 Å². The van der Waals surface area contributed by atoms with E-state index >= 15 is 0 Å². The Balaban J connectivity index is 2.30. The Morgan fingerprint density at radius 1 is 1.42 bits per heavy atom. The molecule has 3 N–H and O–H groups in total. The largest absolute Gasteiger partial charge is 0.497 e. The van der Waals surface area contributed by atoms with Gasteiger partial charge in [0.05, 0.1) is 12.0 Å². The lowest BCUT2D eigenvalue weighted by molar-refractivity contribution is 0.383. The fraction of sp³-hybridized carbons (Fsp3) is 0.538. The Labute approximate surface area is 114 Å². The van der Waals surface area contributed by atoms with Crippen LogP contribution in [0.15, 0.2) is 23.1 Å². The molecule has 5 nitrogen and oxygen atoms in total. The van der Waals surface area contributed by atoms with Crippen LogP contribution in [0.5, 0.6) is 5.75 Å². The first-order chi connectivity index (χ1) is 9.06. The van der Waals surface area contributed by atoms with E-state index in [0.29, 0.717) is 29.2 Å². The van der Waals surface area contributed by atoms with Crippen molar-refractivity contribution in [3.8, 4) is 5.75 Å². The van der Waals surface area contributed by atoms with Gasteiger partial charge in [0.15, 0.2) is 0 Å². The van der Waals surface area contributed by atoms with Gasteiger partial charge in [0.2, 0.25) is 10.0 Å². The quantitative estimate of drug-likeness (QED) is 0.817. The molecule has 106 valence electrons. The number of hydrogen-bond donors (Lipinski definition) is 2. The number of nitrogens with two attached hydrogens (primary N) is 1. The summed E-state index contributed by atoms with van der Waals surface area (Å²) in [6.45, 7) is 0.402. The summed E-state index contributed by atoms with van der Waals surface area (Å²) in [6, 6.07) is 5.07. The topological polar surface area (TPSA) is 81.4 Å². The van der Waals surface area contributed by atoms with Crippen LogP contribution in [-0.4, -0.2) is 28.1 Å². The van der Waals surface area contributed by atoms with Crippen LogP contribution >= 0.6 is 0 Å². The van der Waals surface area contributed by atoms with Gasteiger partial charge in [-0.25, -0.2) is 13.1 Å². The smallest absolute Gasteiger partial charge is 0.241 e. The first kappa shape index (κ1) is 14.3. The van der Waals surface area contributed by atoms with Gasteiger partial charge in [0.25, 0.3) is 0 Å². The van der Waals surface area contributed by atoms with E-state index in [-0.39, 0.29) is 6.04 Å². The number of hydrogen-bond acceptors (Lipinski definition) is 4. The predicted octanol–water partition coefficient (Wildman–Crippen LogP) is 1.03. The normalized spacial score (nSPS) is 16.1. The maximum atomic E-state index is 12.3. The molecule has 19 heavy (non-hydrogen) atoms. The molecule has 1 fully saturated rings. The Kier molecular flexibility index (Phi) is 4.44. The van der Waals surface area contributed by atoms with Crippen molar-refractivity contribution < 1.29 is 13.2 Å². The summed E-state index contributed by atoms with van der Waals surface area (Å²) in [5.41, 5.74) is 6.25. The van der Waals surface area contributed by atoms with Crippen LogP contribution in [0.3, 0.4) is 0 Å². The van der Waals surface area contributed by atoms with Crippen molar-refractivity contribution in [3.05, 3.63) is 23.8 Å². The molecule has 2 rings (SSSR count). The van der Waals surface area contributed by atoms with Crippen molar-refractivity contribution in [3.63, 3.8) is 0 Å². The average molecular weight is 284 g/mol. The third-order valence-corrected chi connectivity index (χ3v) is 5.02. The third-order valence-electron chi connectivity index (χ3n) is 3.40. The molecule has 0 amide bonds. The molecule has 1 aliphatic rings. The summed E-state index contributed by atoms with van der Waals surface area (Å²) in [6.07, 6.45) is 3.44. The van der Waals surface area contributed by atoms with Crippen LogP contribution in [0.1, 0.15) is 24.8 Å². The minimum absolute atomic E-state index is 0.0813. The van der Waals surface area contributed by atoms with Crippen LogP contribution in [0.2, 0.25) is 0 Å². The summed E-state index contributed by atoms with van der Waals surface area (Å²) in [7, 11) is -1.90. The van der Waals surface area contributed by atoms with Crippen molar-refractivity contribution in [1.82, 2.24) is 4.72 Å². The number of methoxy groups -OCH3 is 1. The number of ether oxygens (including phenoxy) is 1. The highest BCUT2D eigenvalue weighted by molar-refractivity contribution is 7.89. The molecule has 0 aromatic heterocycles. The van der Waals surface area contributed by atoms with E-state index in [0.717, 1.165) is 19.3 Å². The van der Waals surface area contributed by atoms with Crippen molar-refractivity contribution in [2.24, 2.45) is 5.73 Å². The summed E-state index contributed by atoms with van der Waals surface area (Å²) in [4.78, 5) is 0.311. The maximum absolute atomic E-state index is 12.3. The van der Waals surface area contributed by atoms with Gasteiger partial charge >= 0.3 is 0 Å². The second kappa shape index (κ2) is 5.90. The minimum Gasteiger partial charge on any atom is -0.497 e. The number of sulfonamides is 1. The van der Waals surface area contributed by atoms with Gasteiger partial charge in [0.1, 0.15) is 5.75 Å². The van der Waals surface area contributed by atoms with Crippen molar-refractivity contribution in [2.45, 2.75) is 36.6 Å². The molecule has 0 bridgehead atoms. The van der Waals surface area contributed by atoms with E-state index in [1.807, 2.05) is 0 Å². The van der Waals surface area contributed by atoms with Crippen molar-refractivity contribution in [1.29, 1.82) is 0 Å². The molecule has 1 aliphatic carbocycles. The Morgan fingerprint density at radius 2 is 2.16 bits per heavy atom. The monoisotopic (exact) mass is 284 g/mol. The molecule has 0 atom stereocenters. The molecule has 6 heteroatoms. The maximum Gasteiger partial charge on any atom is 0.241 e. The minimum atomic E-state index is -3.46. The molecular formula is C13H20N2O3S. The number of rotatable bonds is 6. The lowest BCUT2D eigenvalue weighted by atomic mass is 9.94. The van der Waals surface area contributed by atoms with Crippen molar-refractivity contribution >= 4 is 10.0 Å². The standard InChI is InChI=1S/C13H20N2O3S/c1-18-12-5-6-13(10(9-12)7-8-14)19(16,17)15-11-3-2-4-11/h5-6,9,11,15H,2-4,7-8,14H2,1H3. The lowest BCUT2D eigenvalue weighted by Crippen LogP contribution is -2.39. The molecule has 0 aliphatic heterocycles. The molecule has 0 spiro atoms. The Morgan fingerprint density at radius 3 is 2.68 bits per heavy atom. The average Bonchev–Trinajstić information content (AvgIpc) is 2.34. The van der Waals surface area contributed by atoms with Gasteiger partial charge < -0.3 is 10.5 Å². The third kappa shape index (κ3) is 3.26. The number of nitrogens with one attached hydrogen (secondary N) is 1. The van der Waals surface area contributed by atoms with Crippen LogP contribution in [0.25, 0.3) is 0 Å². The molecular weight excluding hydrogens is 264 g/mol. The highest BCUT2D eigenvalue weighted by atomic mass is 32.2. The van der Waals surface area contributed by atoms with E-state index in [1.165, 1.54) is 0 Å². The molecule has 1 aromatic rings. The summed E-state index contributed by atoms with van der Waals surface area (Å²) in [5, 5.41) is 0. The summed E-state index contributed by atoms with van der Waals surface area (Å²) in [5.74, 6) is 0.644. The second-order valence-corrected chi connectivity index (χ2v) is 6.44. The molecule has 0 heterocycles. The molecule has 0 radical (unpaired) electrons. The molecule has 1 saturated carbocycles. The second-order valence-electron chi connectivity index (χ2n) is 4.76. The first-order valence-corrected chi connectivity index (χ1v) is 7.94. The summed E-state index contributed by atoms with van der Waals surface area (Å²) < 4.78 is 32.5. The highest BCUT2D eigenvalue weighted by Crippen LogP contribution is 2.25. The first-order valence-electron chi connectivity index (χ1n) is 6.46. The Bertz CT molecular complexity index is 539. The zero-order chi connectivity index (χ0) is 13.9. The zero-order valence-electron chi connectivity index (χ0n) is 11.1. The van der Waals surface area contributed by atoms with Gasteiger partial charge in [-0.2, -0.15) is 0 Å². The highest BCUT2D eigenvalue weighted by Gasteiger charge is 2.26. The lowest BCUT2D eigenvalue weighted by Gasteiger charge is -2.26. The van der Waals surface area contributed by atoms with Crippen LogP contribution in [0.4, 0.5) is 0 Å². The van der Waals surface area contributed by atoms with Crippen LogP contribution in [-0.2, 0) is 16.4 Å². The SMILES string of the molecule is COc1ccc(S(=O)(=O)NC2CCC2)c(CCN)c1. The Hall–Kier alpha value is -1.11. The predicted molar refractivity (Wildman–Crippen MR) is 73.7 cm³/mol. The van der Waals surface area contributed by atoms with E-state index in [1.54, 1.807) is 25.3 Å². The van der Waals surface area contributed by atoms with Gasteiger partial charge in [-0.1, -0.05) is 6.42 Å². The van der Waals surface area contributed by atoms with Gasteiger partial charge in [-0.15, -0.1) is 0 Å². The van der Waals surface area contributed by atoms with E-state index in [9.17, 15) is 8.42 Å². The van der Waals surface area contributed by atoms with Crippen LogP contribution < -0.4 is 15.2 Å². The van der Waals surface area contributed by atoms with E-state index in [2.05, 4.69) is 4.72 Å². The summed E-state index contributed by atoms with van der Waals surface area (Å²) >= 11 is 0. The van der Waals surface area contributed by atoms with Crippen molar-refractivity contribution in [2.75, 3.05) is 13.7 Å². The number of benzene rings is 1. The fourth-order valence-electron chi connectivity index (χ4n) is 2.10. The molecule has 0 unspecified atom stereocenters.